The lowest BCUT2D eigenvalue weighted by Crippen LogP contribution is -2.67. The molecule has 2 fully saturated rings. The predicted molar refractivity (Wildman–Crippen MR) is 106 cm³/mol. The van der Waals surface area contributed by atoms with Gasteiger partial charge in [0.05, 0.1) is 13.2 Å². The summed E-state index contributed by atoms with van der Waals surface area (Å²) in [6.45, 7) is -1.94. The first-order chi connectivity index (χ1) is 16.3. The number of ether oxygens (including phenoxy) is 4. The highest BCUT2D eigenvalue weighted by molar-refractivity contribution is 7.83. The van der Waals surface area contributed by atoms with Crippen LogP contribution in [-0.4, -0.2) is 136 Å². The number of hydrogen-bond acceptors (Lipinski definition) is 15. The first kappa shape index (κ1) is 31.1. The van der Waals surface area contributed by atoms with E-state index in [0.717, 1.165) is 7.11 Å². The average Bonchev–Trinajstić information content (AvgIpc) is 2.69. The molecule has 0 saturated carbocycles. The Kier molecular flexibility index (Phi) is 10.1. The van der Waals surface area contributed by atoms with Gasteiger partial charge in [-0.2, -0.15) is 30.0 Å². The minimum Gasteiger partial charge on any atom is -0.479 e. The lowest BCUT2D eigenvalue weighted by Gasteiger charge is -2.46. The Morgan fingerprint density at radius 3 is 2.08 bits per heavy atom. The van der Waals surface area contributed by atoms with E-state index >= 15 is 0 Å². The van der Waals surface area contributed by atoms with Crippen LogP contribution in [0.25, 0.3) is 0 Å². The van der Waals surface area contributed by atoms with Crippen LogP contribution in [0.5, 0.6) is 0 Å². The van der Waals surface area contributed by atoms with E-state index in [9.17, 15) is 49.9 Å². The fourth-order valence-corrected chi connectivity index (χ4v) is 4.84. The minimum atomic E-state index is -5.19. The van der Waals surface area contributed by atoms with Gasteiger partial charge in [-0.25, -0.2) is 13.2 Å². The van der Waals surface area contributed by atoms with Crippen LogP contribution < -0.4 is 4.72 Å². The first-order valence-corrected chi connectivity index (χ1v) is 13.6. The van der Waals surface area contributed by atoms with Crippen molar-refractivity contribution >= 4 is 37.1 Å². The van der Waals surface area contributed by atoms with Gasteiger partial charge in [0.1, 0.15) is 42.7 Å². The van der Waals surface area contributed by atoms with Crippen LogP contribution >= 0.6 is 0 Å². The number of nitrogens with one attached hydrogen (secondary N) is 1. The third kappa shape index (κ3) is 8.71. The van der Waals surface area contributed by atoms with Crippen LogP contribution in [0.3, 0.4) is 0 Å². The highest BCUT2D eigenvalue weighted by Gasteiger charge is 2.53. The Morgan fingerprint density at radius 1 is 1.00 bits per heavy atom. The molecular formula is C13H23NO19S3. The summed E-state index contributed by atoms with van der Waals surface area (Å²) in [5, 5.41) is 30.4. The zero-order valence-corrected chi connectivity index (χ0v) is 20.3. The van der Waals surface area contributed by atoms with Gasteiger partial charge >= 0.3 is 37.1 Å². The smallest absolute Gasteiger partial charge is 0.397 e. The second-order valence-corrected chi connectivity index (χ2v) is 10.6. The van der Waals surface area contributed by atoms with E-state index in [1.54, 1.807) is 0 Å². The second kappa shape index (κ2) is 11.7. The molecule has 212 valence electrons. The van der Waals surface area contributed by atoms with Crippen LogP contribution in [0.4, 0.5) is 0 Å². The molecule has 0 aromatic heterocycles. The molecule has 0 radical (unpaired) electrons. The molecule has 0 aromatic rings. The normalized spacial score (nSPS) is 36.4. The zero-order chi connectivity index (χ0) is 27.6. The van der Waals surface area contributed by atoms with Crippen molar-refractivity contribution < 1.29 is 86.3 Å². The van der Waals surface area contributed by atoms with E-state index < -0.39 is 105 Å². The molecule has 23 heteroatoms. The van der Waals surface area contributed by atoms with Crippen LogP contribution in [0.1, 0.15) is 0 Å². The Hall–Kier alpha value is -1.16. The molecule has 4 unspecified atom stereocenters. The van der Waals surface area contributed by atoms with Gasteiger partial charge in [-0.1, -0.05) is 0 Å². The van der Waals surface area contributed by atoms with Crippen molar-refractivity contribution in [1.82, 2.24) is 4.72 Å². The second-order valence-electron chi connectivity index (χ2n) is 7.31. The predicted octanol–water partition coefficient (Wildman–Crippen LogP) is -4.91. The van der Waals surface area contributed by atoms with Crippen molar-refractivity contribution in [3.63, 3.8) is 0 Å². The summed E-state index contributed by atoms with van der Waals surface area (Å²) >= 11 is 0. The van der Waals surface area contributed by atoms with Crippen molar-refractivity contribution in [2.45, 2.75) is 55.1 Å². The number of aliphatic carboxylic acids is 1. The van der Waals surface area contributed by atoms with Crippen LogP contribution in [0.2, 0.25) is 0 Å². The number of carbonyl (C=O) groups is 1. The standard InChI is InChI=1S/C13H23NO19S3/c1-28-9-5(3-30-35(22,23)24)31-13(6(8(9)16)14-34(19,20)21)32-10-7(15)4(33-36(25,26)27)2-29-11(10)12(17)18/h4-11,13-16H,2-3H2,1H3,(H,17,18)(H,19,20,21)(H,22,23,24)(H,25,26,27)/t4?,5?,6?,7-,8-,9+,10+,11?,13-/m0/s1. The molecule has 2 aliphatic rings. The molecule has 0 amide bonds. The Balaban J connectivity index is 2.42. The molecule has 0 bridgehead atoms. The maximum absolute atomic E-state index is 11.6. The van der Waals surface area contributed by atoms with Crippen molar-refractivity contribution in [2.75, 3.05) is 20.3 Å². The van der Waals surface area contributed by atoms with E-state index in [0.29, 0.717) is 0 Å². The molecule has 2 heterocycles. The van der Waals surface area contributed by atoms with Gasteiger partial charge in [-0.05, 0) is 0 Å². The lowest BCUT2D eigenvalue weighted by molar-refractivity contribution is -0.310. The maximum atomic E-state index is 11.6. The molecule has 0 aromatic carbocycles. The number of carboxylic acids is 1. The monoisotopic (exact) mass is 593 g/mol. The number of methoxy groups -OCH3 is 1. The summed E-state index contributed by atoms with van der Waals surface area (Å²) in [6, 6.07) is -2.03. The van der Waals surface area contributed by atoms with Crippen molar-refractivity contribution in [1.29, 1.82) is 0 Å². The van der Waals surface area contributed by atoms with Crippen LogP contribution in [0, 0.1) is 0 Å². The first-order valence-electron chi connectivity index (χ1n) is 9.39. The molecule has 2 aliphatic heterocycles. The fourth-order valence-electron chi connectivity index (χ4n) is 3.45. The number of aliphatic hydroxyl groups excluding tert-OH is 2. The van der Waals surface area contributed by atoms with Gasteiger partial charge in [0.25, 0.3) is 0 Å². The van der Waals surface area contributed by atoms with Crippen molar-refractivity contribution in [3.05, 3.63) is 0 Å². The molecule has 2 saturated heterocycles. The van der Waals surface area contributed by atoms with Gasteiger partial charge in [0.15, 0.2) is 12.4 Å². The Labute approximate surface area is 203 Å². The largest absolute Gasteiger partial charge is 0.479 e. The molecule has 2 rings (SSSR count). The van der Waals surface area contributed by atoms with E-state index in [2.05, 4.69) is 8.37 Å². The molecule has 0 aliphatic carbocycles. The average molecular weight is 594 g/mol. The summed E-state index contributed by atoms with van der Waals surface area (Å²) < 4.78 is 124. The summed E-state index contributed by atoms with van der Waals surface area (Å²) in [4.78, 5) is 11.6. The highest BCUT2D eigenvalue weighted by atomic mass is 32.3. The van der Waals surface area contributed by atoms with Crippen LogP contribution in [0.15, 0.2) is 0 Å². The Morgan fingerprint density at radius 2 is 1.61 bits per heavy atom. The molecule has 20 nitrogen and oxygen atoms in total. The van der Waals surface area contributed by atoms with E-state index in [4.69, 9.17) is 28.1 Å². The zero-order valence-electron chi connectivity index (χ0n) is 17.8. The quantitative estimate of drug-likeness (QED) is 0.110. The lowest BCUT2D eigenvalue weighted by atomic mass is 9.96. The molecule has 9 atom stereocenters. The maximum Gasteiger partial charge on any atom is 0.397 e. The van der Waals surface area contributed by atoms with Gasteiger partial charge in [0.2, 0.25) is 0 Å². The highest BCUT2D eigenvalue weighted by Crippen LogP contribution is 2.30. The van der Waals surface area contributed by atoms with E-state index in [1.807, 2.05) is 0 Å². The third-order valence-corrected chi connectivity index (χ3v) is 6.34. The van der Waals surface area contributed by atoms with E-state index in [-0.39, 0.29) is 0 Å². The van der Waals surface area contributed by atoms with Crippen molar-refractivity contribution in [3.8, 4) is 0 Å². The van der Waals surface area contributed by atoms with E-state index in [1.165, 1.54) is 4.72 Å². The summed E-state index contributed by atoms with van der Waals surface area (Å²) in [7, 11) is -14.4. The number of rotatable bonds is 11. The molecule has 0 spiro atoms. The molecular weight excluding hydrogens is 570 g/mol. The van der Waals surface area contributed by atoms with Gasteiger partial charge in [-0.3, -0.25) is 13.7 Å². The number of hydrogen-bond donors (Lipinski definition) is 7. The fraction of sp³-hybridized carbons (Fsp3) is 0.923. The number of carboxylic acid groups (broad SMARTS) is 1. The number of aliphatic hydroxyl groups is 2. The summed E-state index contributed by atoms with van der Waals surface area (Å²) in [5.41, 5.74) is 0. The topological polar surface area (TPSA) is 308 Å². The van der Waals surface area contributed by atoms with Gasteiger partial charge in [-0.15, -0.1) is 0 Å². The molecule has 36 heavy (non-hydrogen) atoms. The van der Waals surface area contributed by atoms with Gasteiger partial charge < -0.3 is 34.3 Å². The SMILES string of the molecule is CO[C@@H]1C(COS(=O)(=O)O)O[C@@H](O[C@H]2C(C(=O)O)OCC(OS(=O)(=O)O)[C@@H]2O)C(NS(=O)(=O)O)[C@@H]1O. The summed E-state index contributed by atoms with van der Waals surface area (Å²) in [6.07, 6.45) is -15.9. The van der Waals surface area contributed by atoms with Gasteiger partial charge in [0, 0.05) is 7.11 Å². The minimum absolute atomic E-state index is 0.880. The van der Waals surface area contributed by atoms with Crippen LogP contribution in [-0.2, 0) is 63.2 Å². The summed E-state index contributed by atoms with van der Waals surface area (Å²) in [5.74, 6) is -1.78. The third-order valence-electron chi connectivity index (χ3n) is 4.85. The molecule has 7 N–H and O–H groups in total. The Bertz CT molecular complexity index is 1090. The van der Waals surface area contributed by atoms with Crippen molar-refractivity contribution in [2.24, 2.45) is 0 Å².